The molecule has 3 unspecified atom stereocenters. The molecule has 21 heavy (non-hydrogen) atoms. The molecule has 0 spiro atoms. The van der Waals surface area contributed by atoms with E-state index in [1.165, 1.54) is 16.4 Å². The second-order valence-electron chi connectivity index (χ2n) is 5.19. The molecule has 0 radical (unpaired) electrons. The van der Waals surface area contributed by atoms with Gasteiger partial charge in [0.2, 0.25) is 10.0 Å². The molecule has 1 aromatic rings. The molecule has 0 aliphatic carbocycles. The largest absolute Gasteiger partial charge is 0.479 e. The monoisotopic (exact) mass is 312 g/mol. The Morgan fingerprint density at radius 3 is 2.67 bits per heavy atom. The third kappa shape index (κ3) is 2.34. The standard InChI is InChI=1S/C13H16N2O5S/c1-8-2-4-9(5-3-8)21(18,19)15-7-6-14-12-10(15)11(20-12)13(16)17/h2-5,10-12,14H,6-7H2,1H3,(H,16,17). The number of fused-ring (bicyclic) bond motifs is 1. The maximum absolute atomic E-state index is 12.7. The van der Waals surface area contributed by atoms with E-state index < -0.39 is 34.4 Å². The molecule has 2 N–H and O–H groups in total. The predicted molar refractivity (Wildman–Crippen MR) is 73.2 cm³/mol. The lowest BCUT2D eigenvalue weighted by atomic mass is 10.0. The number of carboxylic acid groups (broad SMARTS) is 1. The molecular weight excluding hydrogens is 296 g/mol. The summed E-state index contributed by atoms with van der Waals surface area (Å²) in [5.74, 6) is -1.15. The minimum atomic E-state index is -3.73. The zero-order chi connectivity index (χ0) is 15.2. The number of aliphatic carboxylic acids is 1. The Morgan fingerprint density at radius 1 is 1.38 bits per heavy atom. The molecule has 7 nitrogen and oxygen atoms in total. The van der Waals surface area contributed by atoms with Gasteiger partial charge < -0.3 is 9.84 Å². The fraction of sp³-hybridized carbons (Fsp3) is 0.462. The zero-order valence-corrected chi connectivity index (χ0v) is 12.2. The Hall–Kier alpha value is -1.48. The predicted octanol–water partition coefficient (Wildman–Crippen LogP) is -0.233. The van der Waals surface area contributed by atoms with Crippen LogP contribution in [0, 0.1) is 6.92 Å². The average molecular weight is 312 g/mol. The van der Waals surface area contributed by atoms with Gasteiger partial charge in [0.15, 0.2) is 6.10 Å². The van der Waals surface area contributed by atoms with Crippen LogP contribution in [0.5, 0.6) is 0 Å². The summed E-state index contributed by atoms with van der Waals surface area (Å²) in [6.45, 7) is 2.53. The normalized spacial score (nSPS) is 29.5. The maximum atomic E-state index is 12.7. The number of sulfonamides is 1. The van der Waals surface area contributed by atoms with Crippen molar-refractivity contribution in [2.75, 3.05) is 13.1 Å². The van der Waals surface area contributed by atoms with E-state index in [1.807, 2.05) is 6.92 Å². The van der Waals surface area contributed by atoms with E-state index in [0.29, 0.717) is 6.54 Å². The SMILES string of the molecule is Cc1ccc(S(=O)(=O)N2CCNC3OC(C(=O)O)C32)cc1. The van der Waals surface area contributed by atoms with E-state index in [2.05, 4.69) is 5.32 Å². The van der Waals surface area contributed by atoms with Crippen molar-refractivity contribution < 1.29 is 23.1 Å². The fourth-order valence-electron chi connectivity index (χ4n) is 2.66. The van der Waals surface area contributed by atoms with E-state index in [9.17, 15) is 13.2 Å². The second kappa shape index (κ2) is 5.06. The van der Waals surface area contributed by atoms with E-state index in [1.54, 1.807) is 12.1 Å². The van der Waals surface area contributed by atoms with E-state index in [4.69, 9.17) is 9.84 Å². The lowest BCUT2D eigenvalue weighted by Crippen LogP contribution is -2.74. The number of rotatable bonds is 3. The van der Waals surface area contributed by atoms with Crippen LogP contribution in [0.4, 0.5) is 0 Å². The third-order valence-electron chi connectivity index (χ3n) is 3.79. The number of ether oxygens (including phenoxy) is 1. The topological polar surface area (TPSA) is 95.9 Å². The van der Waals surface area contributed by atoms with Crippen LogP contribution >= 0.6 is 0 Å². The highest BCUT2D eigenvalue weighted by molar-refractivity contribution is 7.89. The number of aryl methyl sites for hydroxylation is 1. The van der Waals surface area contributed by atoms with Crippen LogP contribution in [-0.4, -0.2) is 55.3 Å². The summed E-state index contributed by atoms with van der Waals surface area (Å²) in [7, 11) is -3.73. The van der Waals surface area contributed by atoms with Crippen LogP contribution in [0.3, 0.4) is 0 Å². The lowest BCUT2D eigenvalue weighted by molar-refractivity contribution is -0.217. The molecule has 0 amide bonds. The van der Waals surface area contributed by atoms with Crippen molar-refractivity contribution in [1.29, 1.82) is 0 Å². The number of nitrogens with one attached hydrogen (secondary N) is 1. The number of piperazine rings is 1. The number of carboxylic acids is 1. The Balaban J connectivity index is 1.93. The van der Waals surface area contributed by atoms with Gasteiger partial charge in [-0.3, -0.25) is 5.32 Å². The van der Waals surface area contributed by atoms with E-state index >= 15 is 0 Å². The highest BCUT2D eigenvalue weighted by atomic mass is 32.2. The van der Waals surface area contributed by atoms with Gasteiger partial charge in [-0.2, -0.15) is 4.31 Å². The van der Waals surface area contributed by atoms with Crippen LogP contribution < -0.4 is 5.32 Å². The van der Waals surface area contributed by atoms with Gasteiger partial charge in [-0.25, -0.2) is 13.2 Å². The number of nitrogens with zero attached hydrogens (tertiary/aromatic N) is 1. The third-order valence-corrected chi connectivity index (χ3v) is 5.71. The van der Waals surface area contributed by atoms with Crippen LogP contribution in [0.1, 0.15) is 5.56 Å². The quantitative estimate of drug-likeness (QED) is 0.800. The Morgan fingerprint density at radius 2 is 2.05 bits per heavy atom. The van der Waals surface area contributed by atoms with Crippen LogP contribution in [0.15, 0.2) is 29.2 Å². The van der Waals surface area contributed by atoms with Crippen molar-refractivity contribution >= 4 is 16.0 Å². The summed E-state index contributed by atoms with van der Waals surface area (Å²) in [5.41, 5.74) is 0.961. The van der Waals surface area contributed by atoms with Gasteiger partial charge in [0.1, 0.15) is 12.3 Å². The van der Waals surface area contributed by atoms with Gasteiger partial charge in [0.05, 0.1) is 4.90 Å². The van der Waals surface area contributed by atoms with Gasteiger partial charge >= 0.3 is 5.97 Å². The second-order valence-corrected chi connectivity index (χ2v) is 7.08. The number of benzene rings is 1. The first-order valence-corrected chi connectivity index (χ1v) is 8.05. The van der Waals surface area contributed by atoms with Gasteiger partial charge in [0.25, 0.3) is 0 Å². The van der Waals surface area contributed by atoms with Gasteiger partial charge in [-0.05, 0) is 19.1 Å². The van der Waals surface area contributed by atoms with Crippen LogP contribution in [-0.2, 0) is 19.6 Å². The molecule has 3 atom stereocenters. The molecule has 0 saturated carbocycles. The number of carbonyl (C=O) groups is 1. The van der Waals surface area contributed by atoms with Gasteiger partial charge in [0, 0.05) is 13.1 Å². The van der Waals surface area contributed by atoms with Crippen molar-refractivity contribution in [2.45, 2.75) is 30.2 Å². The van der Waals surface area contributed by atoms with Crippen molar-refractivity contribution in [1.82, 2.24) is 9.62 Å². The highest BCUT2D eigenvalue weighted by Crippen LogP contribution is 2.32. The summed E-state index contributed by atoms with van der Waals surface area (Å²) < 4.78 is 31.8. The summed E-state index contributed by atoms with van der Waals surface area (Å²) in [6, 6.07) is 5.81. The van der Waals surface area contributed by atoms with E-state index in [0.717, 1.165) is 5.56 Å². The van der Waals surface area contributed by atoms with E-state index in [-0.39, 0.29) is 11.4 Å². The van der Waals surface area contributed by atoms with Gasteiger partial charge in [-0.1, -0.05) is 17.7 Å². The summed E-state index contributed by atoms with van der Waals surface area (Å²) in [4.78, 5) is 11.3. The molecule has 0 aromatic heterocycles. The van der Waals surface area contributed by atoms with Crippen LogP contribution in [0.25, 0.3) is 0 Å². The smallest absolute Gasteiger partial charge is 0.334 e. The Kier molecular flexibility index (Phi) is 3.48. The molecule has 2 saturated heterocycles. The highest BCUT2D eigenvalue weighted by Gasteiger charge is 2.55. The maximum Gasteiger partial charge on any atom is 0.334 e. The minimum absolute atomic E-state index is 0.171. The molecular formula is C13H16N2O5S. The first kappa shape index (κ1) is 14.5. The number of hydrogen-bond donors (Lipinski definition) is 2. The molecule has 2 aliphatic rings. The Bertz CT molecular complexity index is 658. The number of hydrogen-bond acceptors (Lipinski definition) is 5. The summed E-state index contributed by atoms with van der Waals surface area (Å²) >= 11 is 0. The first-order chi connectivity index (χ1) is 9.91. The molecule has 2 fully saturated rings. The molecule has 1 aromatic carbocycles. The van der Waals surface area contributed by atoms with Crippen molar-refractivity contribution in [2.24, 2.45) is 0 Å². The zero-order valence-electron chi connectivity index (χ0n) is 11.4. The molecule has 114 valence electrons. The first-order valence-electron chi connectivity index (χ1n) is 6.61. The molecule has 0 bridgehead atoms. The van der Waals surface area contributed by atoms with Crippen LogP contribution in [0.2, 0.25) is 0 Å². The van der Waals surface area contributed by atoms with Crippen molar-refractivity contribution in [3.63, 3.8) is 0 Å². The average Bonchev–Trinajstić information content (AvgIpc) is 2.39. The molecule has 3 rings (SSSR count). The molecule has 8 heteroatoms. The summed E-state index contributed by atoms with van der Waals surface area (Å²) in [6.07, 6.45) is -1.68. The molecule has 2 heterocycles. The minimum Gasteiger partial charge on any atom is -0.479 e. The Labute approximate surface area is 122 Å². The van der Waals surface area contributed by atoms with Crippen molar-refractivity contribution in [3.8, 4) is 0 Å². The van der Waals surface area contributed by atoms with Crippen molar-refractivity contribution in [3.05, 3.63) is 29.8 Å². The van der Waals surface area contributed by atoms with Gasteiger partial charge in [-0.15, -0.1) is 0 Å². The fourth-order valence-corrected chi connectivity index (χ4v) is 4.28. The molecule has 2 aliphatic heterocycles. The lowest BCUT2D eigenvalue weighted by Gasteiger charge is -2.50. The summed E-state index contributed by atoms with van der Waals surface area (Å²) in [5, 5.41) is 12.1.